The van der Waals surface area contributed by atoms with Crippen LogP contribution in [-0.4, -0.2) is 41.0 Å². The fraction of sp³-hybridized carbons (Fsp3) is 0.500. The van der Waals surface area contributed by atoms with Crippen LogP contribution in [0.25, 0.3) is 6.08 Å². The molecule has 0 aromatic carbocycles. The number of quaternary nitrogens is 1. The van der Waals surface area contributed by atoms with E-state index in [1.54, 1.807) is 13.1 Å². The number of nitro groups is 1. The fourth-order valence-corrected chi connectivity index (χ4v) is 1.75. The van der Waals surface area contributed by atoms with E-state index in [0.29, 0.717) is 5.69 Å². The summed E-state index contributed by atoms with van der Waals surface area (Å²) in [6.45, 7) is 3.22. The van der Waals surface area contributed by atoms with E-state index in [4.69, 9.17) is 4.74 Å². The van der Waals surface area contributed by atoms with E-state index >= 15 is 0 Å². The van der Waals surface area contributed by atoms with Gasteiger partial charge in [-0.1, -0.05) is 0 Å². The second-order valence-electron chi connectivity index (χ2n) is 3.93. The normalized spacial score (nSPS) is 17.7. The Hall–Kier alpha value is -1.73. The molecule has 1 aromatic heterocycles. The van der Waals surface area contributed by atoms with E-state index in [0.717, 1.165) is 26.3 Å². The lowest BCUT2D eigenvalue weighted by molar-refractivity contribution is -0.855. The van der Waals surface area contributed by atoms with Gasteiger partial charge in [0.05, 0.1) is 24.3 Å². The van der Waals surface area contributed by atoms with Crippen LogP contribution >= 0.6 is 0 Å². The Morgan fingerprint density at radius 2 is 2.29 bits per heavy atom. The number of hydrogen-bond donors (Lipinski definition) is 1. The lowest BCUT2D eigenvalue weighted by atomic mass is 10.3. The Morgan fingerprint density at radius 1 is 1.59 bits per heavy atom. The van der Waals surface area contributed by atoms with Crippen molar-refractivity contribution in [1.29, 1.82) is 0 Å². The summed E-state index contributed by atoms with van der Waals surface area (Å²) < 4.78 is 6.69. The number of aromatic nitrogens is 2. The molecule has 0 aliphatic carbocycles. The smallest absolute Gasteiger partial charge is 0.314 e. The molecule has 2 rings (SSSR count). The number of rotatable bonds is 3. The fourth-order valence-electron chi connectivity index (χ4n) is 1.75. The van der Waals surface area contributed by atoms with Crippen LogP contribution in [0.4, 0.5) is 5.69 Å². The molecule has 2 heterocycles. The quantitative estimate of drug-likeness (QED) is 0.554. The first-order valence-electron chi connectivity index (χ1n) is 5.45. The van der Waals surface area contributed by atoms with Crippen LogP contribution in [-0.2, 0) is 11.8 Å². The molecule has 0 saturated carbocycles. The van der Waals surface area contributed by atoms with Crippen molar-refractivity contribution in [2.75, 3.05) is 26.3 Å². The molecule has 0 unspecified atom stereocenters. The number of morpholine rings is 1. The Bertz CT molecular complexity index is 435. The van der Waals surface area contributed by atoms with Gasteiger partial charge in [-0.15, -0.1) is 0 Å². The Balaban J connectivity index is 2.11. The molecule has 1 aromatic rings. The molecule has 0 atom stereocenters. The van der Waals surface area contributed by atoms with Crippen molar-refractivity contribution >= 4 is 11.8 Å². The summed E-state index contributed by atoms with van der Waals surface area (Å²) in [5.74, 6) is 0. The molecular formula is C10H15N4O3+. The number of hydrogen-bond acceptors (Lipinski definition) is 4. The minimum Gasteiger partial charge on any atom is -0.370 e. The molecule has 1 aliphatic rings. The highest BCUT2D eigenvalue weighted by Gasteiger charge is 2.17. The maximum atomic E-state index is 10.8. The predicted octanol–water partition coefficient (Wildman–Crippen LogP) is -0.786. The molecule has 1 aliphatic heterocycles. The molecule has 1 N–H and O–H groups in total. The topological polar surface area (TPSA) is 74.6 Å². The number of nitrogens with zero attached hydrogens (tertiary/aromatic N) is 3. The number of aryl methyl sites for hydroxylation is 1. The zero-order valence-electron chi connectivity index (χ0n) is 9.63. The van der Waals surface area contributed by atoms with E-state index in [1.807, 2.05) is 6.20 Å². The maximum Gasteiger partial charge on any atom is 0.314 e. The molecule has 0 amide bonds. The highest BCUT2D eigenvalue weighted by Crippen LogP contribution is 2.16. The van der Waals surface area contributed by atoms with Crippen molar-refractivity contribution in [2.45, 2.75) is 0 Å². The summed E-state index contributed by atoms with van der Waals surface area (Å²) in [6.07, 6.45) is 5.03. The summed E-state index contributed by atoms with van der Waals surface area (Å²) in [5.41, 5.74) is 0.438. The molecule has 0 bridgehead atoms. The van der Waals surface area contributed by atoms with Gasteiger partial charge < -0.3 is 9.64 Å². The number of ether oxygens (including phenoxy) is 1. The third kappa shape index (κ3) is 2.89. The zero-order valence-corrected chi connectivity index (χ0v) is 9.63. The second-order valence-corrected chi connectivity index (χ2v) is 3.93. The van der Waals surface area contributed by atoms with E-state index < -0.39 is 4.92 Å². The van der Waals surface area contributed by atoms with Gasteiger partial charge in [-0.05, 0) is 0 Å². The van der Waals surface area contributed by atoms with Crippen LogP contribution in [0.3, 0.4) is 0 Å². The van der Waals surface area contributed by atoms with E-state index in [1.165, 1.54) is 15.8 Å². The van der Waals surface area contributed by atoms with Gasteiger partial charge in [-0.25, -0.2) is 0 Å². The lowest BCUT2D eigenvalue weighted by Crippen LogP contribution is -3.09. The average Bonchev–Trinajstić information content (AvgIpc) is 2.69. The third-order valence-electron chi connectivity index (χ3n) is 2.65. The minimum atomic E-state index is -0.415. The van der Waals surface area contributed by atoms with Crippen LogP contribution in [0.1, 0.15) is 5.69 Å². The largest absolute Gasteiger partial charge is 0.370 e. The summed E-state index contributed by atoms with van der Waals surface area (Å²) in [7, 11) is 1.67. The molecule has 7 heteroatoms. The first-order valence-corrected chi connectivity index (χ1v) is 5.45. The second kappa shape index (κ2) is 5.07. The predicted molar refractivity (Wildman–Crippen MR) is 60.4 cm³/mol. The van der Waals surface area contributed by atoms with Gasteiger partial charge in [0, 0.05) is 13.1 Å². The molecule has 7 nitrogen and oxygen atoms in total. The number of nitrogens with one attached hydrogen (secondary N) is 1. The lowest BCUT2D eigenvalue weighted by Gasteiger charge is -2.19. The van der Waals surface area contributed by atoms with Crippen LogP contribution in [0.15, 0.2) is 12.4 Å². The highest BCUT2D eigenvalue weighted by molar-refractivity contribution is 5.54. The van der Waals surface area contributed by atoms with Crippen molar-refractivity contribution < 1.29 is 14.6 Å². The molecule has 92 valence electrons. The first-order chi connectivity index (χ1) is 8.16. The van der Waals surface area contributed by atoms with E-state index in [2.05, 4.69) is 5.10 Å². The van der Waals surface area contributed by atoms with Gasteiger partial charge in [-0.3, -0.25) is 14.8 Å². The monoisotopic (exact) mass is 239 g/mol. The first kappa shape index (κ1) is 11.7. The van der Waals surface area contributed by atoms with Gasteiger partial charge in [0.25, 0.3) is 0 Å². The van der Waals surface area contributed by atoms with Crippen LogP contribution in [0.2, 0.25) is 0 Å². The van der Waals surface area contributed by atoms with Crippen molar-refractivity contribution in [3.63, 3.8) is 0 Å². The van der Waals surface area contributed by atoms with Crippen molar-refractivity contribution in [1.82, 2.24) is 9.78 Å². The van der Waals surface area contributed by atoms with Crippen molar-refractivity contribution in [3.05, 3.63) is 28.2 Å². The van der Waals surface area contributed by atoms with Crippen LogP contribution in [0.5, 0.6) is 0 Å². The van der Waals surface area contributed by atoms with Crippen molar-refractivity contribution in [3.8, 4) is 0 Å². The van der Waals surface area contributed by atoms with Crippen LogP contribution in [0, 0.1) is 10.1 Å². The van der Waals surface area contributed by atoms with E-state index in [-0.39, 0.29) is 5.69 Å². The average molecular weight is 239 g/mol. The summed E-state index contributed by atoms with van der Waals surface area (Å²) in [6, 6.07) is 0. The van der Waals surface area contributed by atoms with E-state index in [9.17, 15) is 10.1 Å². The molecule has 1 fully saturated rings. The molecule has 1 saturated heterocycles. The van der Waals surface area contributed by atoms with Gasteiger partial charge in [0.1, 0.15) is 19.3 Å². The summed E-state index contributed by atoms with van der Waals surface area (Å²) in [5, 5.41) is 14.8. The van der Waals surface area contributed by atoms with Gasteiger partial charge in [-0.2, -0.15) is 5.10 Å². The Morgan fingerprint density at radius 3 is 2.94 bits per heavy atom. The molecule has 0 radical (unpaired) electrons. The SMILES string of the molecule is Cn1cc([N+](=O)[O-])c(/C=C/[NH+]2CCOCC2)n1. The van der Waals surface area contributed by atoms with Gasteiger partial charge in [0.2, 0.25) is 0 Å². The minimum absolute atomic E-state index is 0.0383. The maximum absolute atomic E-state index is 10.8. The molecule has 17 heavy (non-hydrogen) atoms. The molecule has 0 spiro atoms. The van der Waals surface area contributed by atoms with Crippen LogP contribution < -0.4 is 4.90 Å². The van der Waals surface area contributed by atoms with Gasteiger partial charge >= 0.3 is 5.69 Å². The zero-order chi connectivity index (χ0) is 12.3. The summed E-state index contributed by atoms with van der Waals surface area (Å²) >= 11 is 0. The summed E-state index contributed by atoms with van der Waals surface area (Å²) in [4.78, 5) is 11.6. The van der Waals surface area contributed by atoms with Crippen molar-refractivity contribution in [2.24, 2.45) is 7.05 Å². The standard InChI is InChI=1S/C10H14N4O3/c1-12-8-10(14(15)16)9(11-12)2-3-13-4-6-17-7-5-13/h2-3,8H,4-7H2,1H3/p+1/b3-2+. The molecular weight excluding hydrogens is 224 g/mol. The Labute approximate surface area is 98.4 Å². The highest BCUT2D eigenvalue weighted by atomic mass is 16.6. The third-order valence-corrected chi connectivity index (χ3v) is 2.65. The van der Waals surface area contributed by atoms with Gasteiger partial charge in [0.15, 0.2) is 5.69 Å². The Kier molecular flexibility index (Phi) is 3.50.